The molecule has 124 valence electrons. The zero-order valence-corrected chi connectivity index (χ0v) is 13.8. The monoisotopic (exact) mass is 336 g/mol. The third kappa shape index (κ3) is 5.58. The van der Waals surface area contributed by atoms with E-state index in [1.807, 2.05) is 12.1 Å². The van der Waals surface area contributed by atoms with Crippen LogP contribution in [0.25, 0.3) is 0 Å². The lowest BCUT2D eigenvalue weighted by atomic mass is 10.2. The number of unbranched alkanes of at least 4 members (excludes halogenated alkanes) is 2. The predicted molar refractivity (Wildman–Crippen MR) is 87.8 cm³/mol. The highest BCUT2D eigenvalue weighted by Gasteiger charge is 2.09. The van der Waals surface area contributed by atoms with Gasteiger partial charge in [-0.05, 0) is 55.0 Å². The molecule has 0 radical (unpaired) electrons. The minimum atomic E-state index is -4.18. The summed E-state index contributed by atoms with van der Waals surface area (Å²) in [5, 5.41) is 0. The number of hydrogen-bond acceptors (Lipinski definition) is 4. The zero-order valence-electron chi connectivity index (χ0n) is 12.9. The van der Waals surface area contributed by atoms with Gasteiger partial charge >= 0.3 is 0 Å². The Morgan fingerprint density at radius 2 is 1.39 bits per heavy atom. The zero-order chi connectivity index (χ0) is 16.7. The van der Waals surface area contributed by atoms with Crippen LogP contribution in [0.5, 0.6) is 17.2 Å². The van der Waals surface area contributed by atoms with Crippen molar-refractivity contribution in [2.45, 2.75) is 31.1 Å². The van der Waals surface area contributed by atoms with E-state index in [1.54, 1.807) is 12.1 Å². The highest BCUT2D eigenvalue weighted by Crippen LogP contribution is 2.25. The molecule has 0 bridgehead atoms. The summed E-state index contributed by atoms with van der Waals surface area (Å²) in [6, 6.07) is 12.8. The molecule has 0 amide bonds. The average molecular weight is 336 g/mol. The lowest BCUT2D eigenvalue weighted by Gasteiger charge is -2.08. The molecule has 0 aliphatic carbocycles. The fourth-order valence-electron chi connectivity index (χ4n) is 1.96. The number of benzene rings is 2. The van der Waals surface area contributed by atoms with Gasteiger partial charge < -0.3 is 9.47 Å². The van der Waals surface area contributed by atoms with Gasteiger partial charge in [-0.2, -0.15) is 8.42 Å². The van der Waals surface area contributed by atoms with Gasteiger partial charge in [-0.25, -0.2) is 0 Å². The van der Waals surface area contributed by atoms with Gasteiger partial charge in [0.15, 0.2) is 0 Å². The van der Waals surface area contributed by atoms with Crippen LogP contribution in [0.2, 0.25) is 0 Å². The molecule has 0 saturated heterocycles. The van der Waals surface area contributed by atoms with Crippen molar-refractivity contribution in [2.75, 3.05) is 6.61 Å². The molecule has 0 atom stereocenters. The second-order valence-corrected chi connectivity index (χ2v) is 6.50. The fourth-order valence-corrected chi connectivity index (χ4v) is 2.44. The van der Waals surface area contributed by atoms with Crippen LogP contribution in [0.1, 0.15) is 26.2 Å². The molecule has 6 heteroatoms. The molecule has 0 heterocycles. The molecule has 0 fully saturated rings. The third-order valence-corrected chi connectivity index (χ3v) is 4.07. The minimum Gasteiger partial charge on any atom is -0.494 e. The number of hydrogen-bond donors (Lipinski definition) is 1. The Morgan fingerprint density at radius 3 is 1.91 bits per heavy atom. The van der Waals surface area contributed by atoms with Crippen LogP contribution in [0, 0.1) is 0 Å². The average Bonchev–Trinajstić information content (AvgIpc) is 2.53. The molecular formula is C17H20O5S. The molecule has 0 saturated carbocycles. The highest BCUT2D eigenvalue weighted by atomic mass is 32.2. The predicted octanol–water partition coefficient (Wildman–Crippen LogP) is 4.29. The van der Waals surface area contributed by atoms with Gasteiger partial charge in [-0.1, -0.05) is 19.8 Å². The van der Waals surface area contributed by atoms with Gasteiger partial charge in [0.25, 0.3) is 10.1 Å². The Hall–Kier alpha value is -2.05. The van der Waals surface area contributed by atoms with E-state index in [-0.39, 0.29) is 4.90 Å². The van der Waals surface area contributed by atoms with E-state index in [0.29, 0.717) is 18.1 Å². The van der Waals surface area contributed by atoms with Crippen molar-refractivity contribution in [1.29, 1.82) is 0 Å². The Kier molecular flexibility index (Phi) is 6.01. The lowest BCUT2D eigenvalue weighted by molar-refractivity contribution is 0.306. The summed E-state index contributed by atoms with van der Waals surface area (Å²) >= 11 is 0. The molecular weight excluding hydrogens is 316 g/mol. The second kappa shape index (κ2) is 7.99. The molecule has 23 heavy (non-hydrogen) atoms. The maximum absolute atomic E-state index is 11.0. The first-order chi connectivity index (χ1) is 11.0. The summed E-state index contributed by atoms with van der Waals surface area (Å²) < 4.78 is 42.1. The van der Waals surface area contributed by atoms with Gasteiger partial charge in [0.05, 0.1) is 11.5 Å². The van der Waals surface area contributed by atoms with Crippen LogP contribution < -0.4 is 9.47 Å². The number of rotatable bonds is 8. The molecule has 0 aliphatic heterocycles. The Bertz CT molecular complexity index is 706. The SMILES string of the molecule is CCCCCOc1ccc(Oc2ccc(S(=O)(=O)O)cc2)cc1. The highest BCUT2D eigenvalue weighted by molar-refractivity contribution is 7.85. The largest absolute Gasteiger partial charge is 0.494 e. The summed E-state index contributed by atoms with van der Waals surface area (Å²) in [5.41, 5.74) is 0. The Morgan fingerprint density at radius 1 is 0.870 bits per heavy atom. The quantitative estimate of drug-likeness (QED) is 0.575. The molecule has 2 aromatic carbocycles. The van der Waals surface area contributed by atoms with Crippen molar-refractivity contribution in [3.8, 4) is 17.2 Å². The van der Waals surface area contributed by atoms with Crippen molar-refractivity contribution >= 4 is 10.1 Å². The van der Waals surface area contributed by atoms with Crippen LogP contribution in [-0.2, 0) is 10.1 Å². The third-order valence-electron chi connectivity index (χ3n) is 3.20. The molecule has 0 unspecified atom stereocenters. The first kappa shape index (κ1) is 17.3. The van der Waals surface area contributed by atoms with Crippen molar-refractivity contribution in [3.05, 3.63) is 48.5 Å². The van der Waals surface area contributed by atoms with E-state index in [4.69, 9.17) is 14.0 Å². The van der Waals surface area contributed by atoms with Gasteiger partial charge in [0, 0.05) is 0 Å². The topological polar surface area (TPSA) is 72.8 Å². The second-order valence-electron chi connectivity index (χ2n) is 5.08. The van der Waals surface area contributed by atoms with Crippen LogP contribution in [-0.4, -0.2) is 19.6 Å². The molecule has 1 N–H and O–H groups in total. The van der Waals surface area contributed by atoms with Crippen LogP contribution in [0.3, 0.4) is 0 Å². The maximum Gasteiger partial charge on any atom is 0.294 e. The van der Waals surface area contributed by atoms with E-state index < -0.39 is 10.1 Å². The van der Waals surface area contributed by atoms with E-state index in [2.05, 4.69) is 6.92 Å². The molecule has 5 nitrogen and oxygen atoms in total. The van der Waals surface area contributed by atoms with Crippen LogP contribution in [0.15, 0.2) is 53.4 Å². The van der Waals surface area contributed by atoms with E-state index >= 15 is 0 Å². The van der Waals surface area contributed by atoms with Crippen molar-refractivity contribution in [1.82, 2.24) is 0 Å². The maximum atomic E-state index is 11.0. The normalized spacial score (nSPS) is 11.2. The van der Waals surface area contributed by atoms with Gasteiger partial charge in [0.1, 0.15) is 17.2 Å². The van der Waals surface area contributed by atoms with Crippen molar-refractivity contribution in [3.63, 3.8) is 0 Å². The van der Waals surface area contributed by atoms with E-state index in [9.17, 15) is 8.42 Å². The van der Waals surface area contributed by atoms with E-state index in [0.717, 1.165) is 25.0 Å². The van der Waals surface area contributed by atoms with Crippen molar-refractivity contribution < 1.29 is 22.4 Å². The smallest absolute Gasteiger partial charge is 0.294 e. The summed E-state index contributed by atoms with van der Waals surface area (Å²) in [6.07, 6.45) is 3.35. The minimum absolute atomic E-state index is 0.166. The molecule has 2 rings (SSSR count). The summed E-state index contributed by atoms with van der Waals surface area (Å²) in [5.74, 6) is 1.88. The molecule has 0 aromatic heterocycles. The molecule has 2 aromatic rings. The molecule has 0 aliphatic rings. The lowest BCUT2D eigenvalue weighted by Crippen LogP contribution is -1.97. The van der Waals surface area contributed by atoms with Crippen LogP contribution in [0.4, 0.5) is 0 Å². The summed E-state index contributed by atoms with van der Waals surface area (Å²) in [6.45, 7) is 2.85. The van der Waals surface area contributed by atoms with E-state index in [1.165, 1.54) is 24.3 Å². The van der Waals surface area contributed by atoms with Gasteiger partial charge in [-0.3, -0.25) is 4.55 Å². The molecule has 0 spiro atoms. The fraction of sp³-hybridized carbons (Fsp3) is 0.294. The summed E-state index contributed by atoms with van der Waals surface area (Å²) in [7, 11) is -4.18. The Labute approximate surface area is 136 Å². The first-order valence-electron chi connectivity index (χ1n) is 7.47. The van der Waals surface area contributed by atoms with Crippen molar-refractivity contribution in [2.24, 2.45) is 0 Å². The first-order valence-corrected chi connectivity index (χ1v) is 8.91. The van der Waals surface area contributed by atoms with Gasteiger partial charge in [-0.15, -0.1) is 0 Å². The standard InChI is InChI=1S/C17H20O5S/c1-2-3-4-13-21-14-5-7-15(8-6-14)22-16-9-11-17(12-10-16)23(18,19)20/h5-12H,2-4,13H2,1H3,(H,18,19,20). The van der Waals surface area contributed by atoms with Crippen LogP contribution >= 0.6 is 0 Å². The number of ether oxygens (including phenoxy) is 2. The van der Waals surface area contributed by atoms with Gasteiger partial charge in [0.2, 0.25) is 0 Å². The Balaban J connectivity index is 1.93. The summed E-state index contributed by atoms with van der Waals surface area (Å²) in [4.78, 5) is -0.166.